The van der Waals surface area contributed by atoms with Crippen molar-refractivity contribution in [3.8, 4) is 0 Å². The first-order chi connectivity index (χ1) is 10.6. The van der Waals surface area contributed by atoms with E-state index in [1.165, 1.54) is 18.5 Å². The maximum atomic E-state index is 12.1. The van der Waals surface area contributed by atoms with Gasteiger partial charge < -0.3 is 14.7 Å². The molecule has 1 aliphatic rings. The zero-order valence-electron chi connectivity index (χ0n) is 13.1. The first-order valence-corrected chi connectivity index (χ1v) is 7.70. The molecule has 5 nitrogen and oxygen atoms in total. The van der Waals surface area contributed by atoms with Crippen LogP contribution in [0.3, 0.4) is 0 Å². The third kappa shape index (κ3) is 3.13. The number of carbonyl (C=O) groups excluding carboxylic acids is 1. The van der Waals surface area contributed by atoms with Gasteiger partial charge in [0.25, 0.3) is 0 Å². The molecule has 5 heteroatoms. The van der Waals surface area contributed by atoms with Gasteiger partial charge in [0.2, 0.25) is 5.91 Å². The van der Waals surface area contributed by atoms with E-state index in [1.54, 1.807) is 0 Å². The molecular formula is C17H21N3O2. The van der Waals surface area contributed by atoms with E-state index in [4.69, 9.17) is 4.52 Å². The van der Waals surface area contributed by atoms with Gasteiger partial charge in [-0.25, -0.2) is 0 Å². The van der Waals surface area contributed by atoms with Crippen LogP contribution < -0.4 is 10.2 Å². The minimum atomic E-state index is -0.0525. The lowest BCUT2D eigenvalue weighted by Crippen LogP contribution is -2.18. The molecule has 3 rings (SSSR count). The first-order valence-electron chi connectivity index (χ1n) is 7.70. The molecule has 0 saturated carbocycles. The summed E-state index contributed by atoms with van der Waals surface area (Å²) in [6, 6.07) is 8.05. The van der Waals surface area contributed by atoms with Crippen LogP contribution in [-0.2, 0) is 11.2 Å². The highest BCUT2D eigenvalue weighted by atomic mass is 16.5. The highest BCUT2D eigenvalue weighted by molar-refractivity contribution is 5.92. The number of anilines is 2. The third-order valence-corrected chi connectivity index (χ3v) is 4.14. The van der Waals surface area contributed by atoms with Crippen molar-refractivity contribution >= 4 is 17.3 Å². The van der Waals surface area contributed by atoms with Crippen LogP contribution in [0.15, 0.2) is 28.8 Å². The Balaban J connectivity index is 1.61. The monoisotopic (exact) mass is 299 g/mol. The maximum absolute atomic E-state index is 12.1. The van der Waals surface area contributed by atoms with Crippen molar-refractivity contribution in [3.05, 3.63) is 41.3 Å². The van der Waals surface area contributed by atoms with Crippen LogP contribution >= 0.6 is 0 Å². The number of nitrogens with one attached hydrogen (secondary N) is 1. The third-order valence-electron chi connectivity index (χ3n) is 4.14. The van der Waals surface area contributed by atoms with Gasteiger partial charge in [0, 0.05) is 30.0 Å². The predicted octanol–water partition coefficient (Wildman–Crippen LogP) is 3.07. The second kappa shape index (κ2) is 6.22. The fraction of sp³-hybridized carbons (Fsp3) is 0.412. The predicted molar refractivity (Wildman–Crippen MR) is 86.2 cm³/mol. The molecule has 1 aromatic carbocycles. The fourth-order valence-electron chi connectivity index (χ4n) is 2.85. The Morgan fingerprint density at radius 1 is 1.23 bits per heavy atom. The van der Waals surface area contributed by atoms with E-state index in [9.17, 15) is 4.79 Å². The van der Waals surface area contributed by atoms with Crippen molar-refractivity contribution in [2.75, 3.05) is 23.3 Å². The summed E-state index contributed by atoms with van der Waals surface area (Å²) in [6.45, 7) is 5.92. The summed E-state index contributed by atoms with van der Waals surface area (Å²) < 4.78 is 5.08. The number of rotatable bonds is 4. The molecule has 0 aliphatic carbocycles. The van der Waals surface area contributed by atoms with Gasteiger partial charge >= 0.3 is 0 Å². The highest BCUT2D eigenvalue weighted by Gasteiger charge is 2.14. The van der Waals surface area contributed by atoms with Gasteiger partial charge in [0.05, 0.1) is 12.1 Å². The SMILES string of the molecule is Cc1noc(C)c1CC(=O)Nc1ccc(N2CCCC2)cc1. The second-order valence-corrected chi connectivity index (χ2v) is 5.77. The Bertz CT molecular complexity index is 636. The van der Waals surface area contributed by atoms with Crippen LogP contribution in [0.4, 0.5) is 11.4 Å². The molecule has 0 spiro atoms. The molecule has 1 saturated heterocycles. The number of aryl methyl sites for hydroxylation is 2. The summed E-state index contributed by atoms with van der Waals surface area (Å²) in [5.41, 5.74) is 3.68. The zero-order chi connectivity index (χ0) is 15.5. The number of nitrogens with zero attached hydrogens (tertiary/aromatic N) is 2. The number of hydrogen-bond acceptors (Lipinski definition) is 4. The van der Waals surface area contributed by atoms with Crippen LogP contribution in [0.1, 0.15) is 29.9 Å². The van der Waals surface area contributed by atoms with E-state index >= 15 is 0 Å². The van der Waals surface area contributed by atoms with Gasteiger partial charge in [-0.3, -0.25) is 4.79 Å². The molecule has 116 valence electrons. The van der Waals surface area contributed by atoms with Gasteiger partial charge in [-0.05, 0) is 51.0 Å². The van der Waals surface area contributed by atoms with Gasteiger partial charge in [-0.2, -0.15) is 0 Å². The van der Waals surface area contributed by atoms with Gasteiger partial charge in [0.1, 0.15) is 5.76 Å². The molecule has 1 amide bonds. The average Bonchev–Trinajstić information content (AvgIpc) is 3.14. The normalized spacial score (nSPS) is 14.4. The van der Waals surface area contributed by atoms with Crippen molar-refractivity contribution in [2.45, 2.75) is 33.1 Å². The number of hydrogen-bond donors (Lipinski definition) is 1. The molecule has 1 aliphatic heterocycles. The molecule has 1 fully saturated rings. The molecule has 2 heterocycles. The van der Waals surface area contributed by atoms with E-state index in [1.807, 2.05) is 26.0 Å². The van der Waals surface area contributed by atoms with Crippen molar-refractivity contribution in [1.29, 1.82) is 0 Å². The maximum Gasteiger partial charge on any atom is 0.228 e. The number of benzene rings is 1. The van der Waals surface area contributed by atoms with Gasteiger partial charge in [0.15, 0.2) is 0 Å². The molecule has 0 atom stereocenters. The van der Waals surface area contributed by atoms with Gasteiger partial charge in [-0.15, -0.1) is 0 Å². The smallest absolute Gasteiger partial charge is 0.228 e. The van der Waals surface area contributed by atoms with E-state index in [0.29, 0.717) is 5.76 Å². The summed E-state index contributed by atoms with van der Waals surface area (Å²) in [5.74, 6) is 0.653. The van der Waals surface area contributed by atoms with E-state index < -0.39 is 0 Å². The molecule has 0 unspecified atom stereocenters. The Morgan fingerprint density at radius 3 is 2.50 bits per heavy atom. The summed E-state index contributed by atoms with van der Waals surface area (Å²) in [5, 5.41) is 6.80. The zero-order valence-corrected chi connectivity index (χ0v) is 13.1. The van der Waals surface area contributed by atoms with E-state index in [2.05, 4.69) is 27.5 Å². The molecule has 0 radical (unpaired) electrons. The topological polar surface area (TPSA) is 58.4 Å². The summed E-state index contributed by atoms with van der Waals surface area (Å²) in [4.78, 5) is 14.5. The van der Waals surface area contributed by atoms with Crippen molar-refractivity contribution in [1.82, 2.24) is 5.16 Å². The molecule has 1 aromatic heterocycles. The van der Waals surface area contributed by atoms with E-state index in [-0.39, 0.29) is 12.3 Å². The molecule has 2 aromatic rings. The second-order valence-electron chi connectivity index (χ2n) is 5.77. The van der Waals surface area contributed by atoms with Crippen LogP contribution in [0, 0.1) is 13.8 Å². The summed E-state index contributed by atoms with van der Waals surface area (Å²) in [7, 11) is 0. The number of amides is 1. The number of carbonyl (C=O) groups is 1. The standard InChI is InChI=1S/C17H21N3O2/c1-12-16(13(2)22-19-12)11-17(21)18-14-5-7-15(8-6-14)20-9-3-4-10-20/h5-8H,3-4,9-11H2,1-2H3,(H,18,21). The van der Waals surface area contributed by atoms with E-state index in [0.717, 1.165) is 30.0 Å². The Labute approximate surface area is 130 Å². The lowest BCUT2D eigenvalue weighted by molar-refractivity contribution is -0.115. The lowest BCUT2D eigenvalue weighted by atomic mass is 10.1. The highest BCUT2D eigenvalue weighted by Crippen LogP contribution is 2.22. The molecule has 0 bridgehead atoms. The van der Waals surface area contributed by atoms with Crippen molar-refractivity contribution < 1.29 is 9.32 Å². The number of aromatic nitrogens is 1. The van der Waals surface area contributed by atoms with Crippen LogP contribution in [0.2, 0.25) is 0 Å². The lowest BCUT2D eigenvalue weighted by Gasteiger charge is -2.17. The Hall–Kier alpha value is -2.30. The fourth-order valence-corrected chi connectivity index (χ4v) is 2.85. The average molecular weight is 299 g/mol. The molecule has 22 heavy (non-hydrogen) atoms. The molecule has 1 N–H and O–H groups in total. The summed E-state index contributed by atoms with van der Waals surface area (Å²) >= 11 is 0. The van der Waals surface area contributed by atoms with Crippen LogP contribution in [0.5, 0.6) is 0 Å². The quantitative estimate of drug-likeness (QED) is 0.942. The van der Waals surface area contributed by atoms with Crippen molar-refractivity contribution in [3.63, 3.8) is 0 Å². The first kappa shape index (κ1) is 14.6. The van der Waals surface area contributed by atoms with Crippen molar-refractivity contribution in [2.24, 2.45) is 0 Å². The van der Waals surface area contributed by atoms with Gasteiger partial charge in [-0.1, -0.05) is 5.16 Å². The Kier molecular flexibility index (Phi) is 4.13. The minimum absolute atomic E-state index is 0.0525. The Morgan fingerprint density at radius 2 is 1.91 bits per heavy atom. The van der Waals surface area contributed by atoms with Crippen LogP contribution in [0.25, 0.3) is 0 Å². The minimum Gasteiger partial charge on any atom is -0.372 e. The summed E-state index contributed by atoms with van der Waals surface area (Å²) in [6.07, 6.45) is 2.81. The largest absolute Gasteiger partial charge is 0.372 e. The van der Waals surface area contributed by atoms with Crippen LogP contribution in [-0.4, -0.2) is 24.2 Å². The molecular weight excluding hydrogens is 278 g/mol.